The summed E-state index contributed by atoms with van der Waals surface area (Å²) in [5, 5.41) is 3.49. The van der Waals surface area contributed by atoms with E-state index in [0.717, 1.165) is 24.3 Å². The van der Waals surface area contributed by atoms with Gasteiger partial charge in [0.25, 0.3) is 0 Å². The highest BCUT2D eigenvalue weighted by molar-refractivity contribution is 7.51. The lowest BCUT2D eigenvalue weighted by atomic mass is 10.1. The van der Waals surface area contributed by atoms with Crippen LogP contribution < -0.4 is 28.9 Å². The van der Waals surface area contributed by atoms with Crippen LogP contribution in [0.25, 0.3) is 0 Å². The fourth-order valence-corrected chi connectivity index (χ4v) is 6.09. The van der Waals surface area contributed by atoms with Crippen molar-refractivity contribution in [2.24, 2.45) is 0 Å². The topological polar surface area (TPSA) is 75.7 Å². The Hall–Kier alpha value is -3.19. The van der Waals surface area contributed by atoms with E-state index >= 15 is 0 Å². The normalized spacial score (nSPS) is 17.6. The zero-order valence-corrected chi connectivity index (χ0v) is 22.1. The summed E-state index contributed by atoms with van der Waals surface area (Å²) in [6, 6.07) is 22.0. The van der Waals surface area contributed by atoms with Crippen molar-refractivity contribution in [1.29, 1.82) is 0 Å². The van der Waals surface area contributed by atoms with Gasteiger partial charge in [0.2, 0.25) is 8.45 Å². The fraction of sp³-hybridized carbons (Fsp3) is 0.333. The molecule has 9 heteroatoms. The van der Waals surface area contributed by atoms with Gasteiger partial charge in [-0.25, -0.2) is 4.67 Å². The van der Waals surface area contributed by atoms with Crippen molar-refractivity contribution in [2.45, 2.75) is 19.0 Å². The van der Waals surface area contributed by atoms with Crippen molar-refractivity contribution in [2.75, 3.05) is 51.5 Å². The largest absolute Gasteiger partial charge is 0.493 e. The minimum Gasteiger partial charge on any atom is -0.493 e. The Morgan fingerprint density at radius 1 is 0.833 bits per heavy atom. The zero-order chi connectivity index (χ0) is 25.5. The van der Waals surface area contributed by atoms with E-state index in [2.05, 4.69) is 26.8 Å². The molecule has 8 nitrogen and oxygen atoms in total. The molecule has 0 saturated carbocycles. The second-order valence-corrected chi connectivity index (χ2v) is 9.95. The van der Waals surface area contributed by atoms with E-state index < -0.39 is 8.45 Å². The molecule has 0 unspecified atom stereocenters. The Balaban J connectivity index is 1.51. The number of hydrogen-bond donors (Lipinski definition) is 2. The van der Waals surface area contributed by atoms with Gasteiger partial charge in [-0.15, -0.1) is 0 Å². The van der Waals surface area contributed by atoms with E-state index in [1.165, 1.54) is 5.56 Å². The van der Waals surface area contributed by atoms with Crippen molar-refractivity contribution in [3.05, 3.63) is 72.3 Å². The zero-order valence-electron chi connectivity index (χ0n) is 21.2. The molecule has 36 heavy (non-hydrogen) atoms. The maximum Gasteiger partial charge on any atom is 0.215 e. The first-order chi connectivity index (χ1) is 17.6. The molecule has 2 atom stereocenters. The lowest BCUT2D eigenvalue weighted by Crippen LogP contribution is -2.29. The molecule has 2 N–H and O–H groups in total. The van der Waals surface area contributed by atoms with Crippen LogP contribution in [0, 0.1) is 0 Å². The van der Waals surface area contributed by atoms with Crippen molar-refractivity contribution < 1.29 is 23.8 Å². The first kappa shape index (κ1) is 25.9. The summed E-state index contributed by atoms with van der Waals surface area (Å²) in [7, 11) is 4.96. The third-order valence-corrected chi connectivity index (χ3v) is 8.05. The van der Waals surface area contributed by atoms with Crippen LogP contribution >= 0.6 is 8.45 Å². The molecule has 1 aliphatic heterocycles. The molecule has 0 aliphatic carbocycles. The first-order valence-corrected chi connectivity index (χ1v) is 13.0. The molecule has 192 valence electrons. The van der Waals surface area contributed by atoms with Crippen LogP contribution in [0.15, 0.2) is 66.7 Å². The fourth-order valence-electron chi connectivity index (χ4n) is 4.38. The Bertz CT molecular complexity index is 1130. The molecule has 1 heterocycles. The van der Waals surface area contributed by atoms with Crippen LogP contribution in [0.5, 0.6) is 23.0 Å². The van der Waals surface area contributed by atoms with Gasteiger partial charge in [-0.2, -0.15) is 0 Å². The molecule has 0 spiro atoms. The minimum atomic E-state index is -1.54. The van der Waals surface area contributed by atoms with Crippen LogP contribution in [0.2, 0.25) is 0 Å². The molecule has 0 amide bonds. The second-order valence-electron chi connectivity index (χ2n) is 8.41. The molecule has 3 aromatic carbocycles. The molecule has 4 rings (SSSR count). The highest BCUT2D eigenvalue weighted by Crippen LogP contribution is 2.52. The number of benzene rings is 3. The van der Waals surface area contributed by atoms with Gasteiger partial charge < -0.3 is 33.8 Å². The Morgan fingerprint density at radius 2 is 1.47 bits per heavy atom. The number of hydrogen-bond acceptors (Lipinski definition) is 8. The van der Waals surface area contributed by atoms with E-state index in [1.54, 1.807) is 28.4 Å². The summed E-state index contributed by atoms with van der Waals surface area (Å²) in [5.74, 6) is 2.70. The number of methoxy groups -OCH3 is 4. The number of ether oxygens (including phenoxy) is 4. The van der Waals surface area contributed by atoms with Gasteiger partial charge in [0.1, 0.15) is 0 Å². The summed E-state index contributed by atoms with van der Waals surface area (Å²) >= 11 is 0. The first-order valence-electron chi connectivity index (χ1n) is 11.8. The Labute approximate surface area is 214 Å². The van der Waals surface area contributed by atoms with Crippen molar-refractivity contribution in [1.82, 2.24) is 4.67 Å². The number of rotatable bonds is 11. The van der Waals surface area contributed by atoms with Crippen molar-refractivity contribution in [3.63, 3.8) is 0 Å². The number of anilines is 2. The van der Waals surface area contributed by atoms with Gasteiger partial charge in [0.15, 0.2) is 23.0 Å². The van der Waals surface area contributed by atoms with E-state index in [0.29, 0.717) is 36.1 Å². The Morgan fingerprint density at radius 3 is 2.14 bits per heavy atom. The van der Waals surface area contributed by atoms with Crippen LogP contribution in [0.1, 0.15) is 12.0 Å². The average molecular weight is 512 g/mol. The van der Waals surface area contributed by atoms with E-state index in [-0.39, 0.29) is 6.04 Å². The summed E-state index contributed by atoms with van der Waals surface area (Å²) in [4.78, 5) is 11.5. The van der Waals surface area contributed by atoms with Gasteiger partial charge in [-0.1, -0.05) is 30.3 Å². The predicted molar refractivity (Wildman–Crippen MR) is 144 cm³/mol. The van der Waals surface area contributed by atoms with E-state index in [9.17, 15) is 4.89 Å². The molecule has 1 fully saturated rings. The van der Waals surface area contributed by atoms with E-state index in [4.69, 9.17) is 18.9 Å². The quantitative estimate of drug-likeness (QED) is 0.343. The third kappa shape index (κ3) is 5.78. The molecule has 3 aromatic rings. The van der Waals surface area contributed by atoms with Gasteiger partial charge in [0.05, 0.1) is 28.4 Å². The van der Waals surface area contributed by atoms with Crippen molar-refractivity contribution in [3.8, 4) is 23.0 Å². The lowest BCUT2D eigenvalue weighted by Gasteiger charge is -2.27. The molecule has 0 bridgehead atoms. The number of nitrogens with zero attached hydrogens (tertiary/aromatic N) is 2. The standard InChI is InChI=1S/C27H34N3O5P/c1-32-24-12-10-21(16-26(24)34-3)28-15-14-23-19-30(22-11-13-25(33-2)27(17-22)35-4)36(31)29(23)18-20-8-6-5-7-9-20/h5-13,16-17,23,28,31H,14-15,18-19H2,1-4H3/t23-,36+/m0/s1. The highest BCUT2D eigenvalue weighted by atomic mass is 31.2. The molecule has 0 radical (unpaired) electrons. The molecule has 0 aromatic heterocycles. The summed E-state index contributed by atoms with van der Waals surface area (Å²) < 4.78 is 25.9. The van der Waals surface area contributed by atoms with Gasteiger partial charge in [-0.05, 0) is 36.2 Å². The Kier molecular flexibility index (Phi) is 8.75. The van der Waals surface area contributed by atoms with Crippen LogP contribution in [0.4, 0.5) is 11.4 Å². The molecule has 1 saturated heterocycles. The monoisotopic (exact) mass is 511 g/mol. The minimum absolute atomic E-state index is 0.155. The lowest BCUT2D eigenvalue weighted by molar-refractivity contribution is 0.334. The highest BCUT2D eigenvalue weighted by Gasteiger charge is 2.39. The van der Waals surface area contributed by atoms with Crippen LogP contribution in [-0.4, -0.2) is 57.1 Å². The van der Waals surface area contributed by atoms with Gasteiger partial charge in [-0.3, -0.25) is 0 Å². The molecular weight excluding hydrogens is 477 g/mol. The summed E-state index contributed by atoms with van der Waals surface area (Å²) in [6.07, 6.45) is 0.852. The van der Waals surface area contributed by atoms with Crippen LogP contribution in [-0.2, 0) is 6.54 Å². The maximum atomic E-state index is 11.5. The van der Waals surface area contributed by atoms with Crippen molar-refractivity contribution >= 4 is 19.8 Å². The summed E-state index contributed by atoms with van der Waals surface area (Å²) in [6.45, 7) is 2.13. The molecule has 1 aliphatic rings. The van der Waals surface area contributed by atoms with Crippen LogP contribution in [0.3, 0.4) is 0 Å². The number of nitrogens with one attached hydrogen (secondary N) is 1. The second kappa shape index (κ2) is 12.2. The SMILES string of the molecule is COc1ccc(NCC[C@H]2CN(c3ccc(OC)c(OC)c3)[P@](O)N2Cc2ccccc2)cc1OC. The predicted octanol–water partition coefficient (Wildman–Crippen LogP) is 5.13. The van der Waals surface area contributed by atoms with Gasteiger partial charge in [0, 0.05) is 49.2 Å². The summed E-state index contributed by atoms with van der Waals surface area (Å²) in [5.41, 5.74) is 3.05. The average Bonchev–Trinajstić information content (AvgIpc) is 3.23. The van der Waals surface area contributed by atoms with Gasteiger partial charge >= 0.3 is 0 Å². The third-order valence-electron chi connectivity index (χ3n) is 6.29. The maximum absolute atomic E-state index is 11.5. The smallest absolute Gasteiger partial charge is 0.215 e. The van der Waals surface area contributed by atoms with E-state index in [1.807, 2.05) is 54.6 Å². The molecular formula is C27H34N3O5P.